The summed E-state index contributed by atoms with van der Waals surface area (Å²) in [5, 5.41) is 0.171. The van der Waals surface area contributed by atoms with Gasteiger partial charge in [0.1, 0.15) is 11.6 Å². The van der Waals surface area contributed by atoms with Crippen molar-refractivity contribution in [3.05, 3.63) is 47.4 Å². The number of hydrogen-bond acceptors (Lipinski definition) is 3. The third-order valence-electron chi connectivity index (χ3n) is 1.90. The minimum absolute atomic E-state index is 0.171. The van der Waals surface area contributed by atoms with E-state index < -0.39 is 5.82 Å². The molecule has 0 bridgehead atoms. The maximum Gasteiger partial charge on any atom is 0.242 e. The van der Waals surface area contributed by atoms with E-state index in [2.05, 4.69) is 4.98 Å². The van der Waals surface area contributed by atoms with Crippen molar-refractivity contribution in [2.45, 2.75) is 0 Å². The predicted octanol–water partition coefficient (Wildman–Crippen LogP) is 3.25. The summed E-state index contributed by atoms with van der Waals surface area (Å²) < 4.78 is 18.1. The zero-order valence-corrected chi connectivity index (χ0v) is 8.91. The van der Waals surface area contributed by atoms with Gasteiger partial charge in [-0.25, -0.2) is 9.37 Å². The summed E-state index contributed by atoms with van der Waals surface area (Å²) >= 11 is 5.80. The molecule has 2 aromatic rings. The minimum atomic E-state index is -0.425. The Morgan fingerprint density at radius 1 is 1.31 bits per heavy atom. The van der Waals surface area contributed by atoms with Gasteiger partial charge in [-0.3, -0.25) is 0 Å². The van der Waals surface area contributed by atoms with Gasteiger partial charge in [0.05, 0.1) is 10.7 Å². The van der Waals surface area contributed by atoms with Gasteiger partial charge < -0.3 is 10.5 Å². The number of nitrogens with two attached hydrogens (primary N) is 1. The molecule has 0 saturated carbocycles. The van der Waals surface area contributed by atoms with Crippen LogP contribution in [0.2, 0.25) is 5.02 Å². The number of nitrogens with zero attached hydrogens (tertiary/aromatic N) is 1. The van der Waals surface area contributed by atoms with Crippen LogP contribution < -0.4 is 10.5 Å². The van der Waals surface area contributed by atoms with E-state index in [-0.39, 0.29) is 10.9 Å². The Kier molecular flexibility index (Phi) is 2.92. The molecule has 5 heteroatoms. The van der Waals surface area contributed by atoms with Crippen molar-refractivity contribution in [3.63, 3.8) is 0 Å². The molecule has 0 radical (unpaired) electrons. The summed E-state index contributed by atoms with van der Waals surface area (Å²) in [4.78, 5) is 3.94. The van der Waals surface area contributed by atoms with Gasteiger partial charge in [0.25, 0.3) is 0 Å². The molecule has 16 heavy (non-hydrogen) atoms. The Morgan fingerprint density at radius 3 is 2.81 bits per heavy atom. The fourth-order valence-electron chi connectivity index (χ4n) is 1.15. The normalized spacial score (nSPS) is 10.1. The van der Waals surface area contributed by atoms with Crippen LogP contribution in [0.15, 0.2) is 36.5 Å². The van der Waals surface area contributed by atoms with Gasteiger partial charge in [0.15, 0.2) is 0 Å². The van der Waals surface area contributed by atoms with Crippen LogP contribution in [0, 0.1) is 5.82 Å². The van der Waals surface area contributed by atoms with Crippen LogP contribution in [0.1, 0.15) is 0 Å². The summed E-state index contributed by atoms with van der Waals surface area (Å²) in [6.07, 6.45) is 1.54. The first-order chi connectivity index (χ1) is 7.66. The van der Waals surface area contributed by atoms with E-state index in [1.807, 2.05) is 0 Å². The Balaban J connectivity index is 2.31. The van der Waals surface area contributed by atoms with E-state index in [9.17, 15) is 4.39 Å². The first-order valence-electron chi connectivity index (χ1n) is 4.50. The summed E-state index contributed by atoms with van der Waals surface area (Å²) in [6.45, 7) is 0. The molecule has 0 spiro atoms. The van der Waals surface area contributed by atoms with Crippen LogP contribution in [0.3, 0.4) is 0 Å². The van der Waals surface area contributed by atoms with Crippen molar-refractivity contribution in [1.82, 2.24) is 4.98 Å². The van der Waals surface area contributed by atoms with Crippen molar-refractivity contribution in [1.29, 1.82) is 0 Å². The average molecular weight is 239 g/mol. The van der Waals surface area contributed by atoms with Crippen LogP contribution >= 0.6 is 11.6 Å². The van der Waals surface area contributed by atoms with Gasteiger partial charge in [-0.15, -0.1) is 0 Å². The van der Waals surface area contributed by atoms with E-state index in [0.29, 0.717) is 11.4 Å². The molecule has 0 aliphatic rings. The number of pyridine rings is 1. The molecule has 0 unspecified atom stereocenters. The van der Waals surface area contributed by atoms with Crippen LogP contribution in [0.5, 0.6) is 11.6 Å². The molecule has 0 saturated heterocycles. The topological polar surface area (TPSA) is 48.1 Å². The van der Waals surface area contributed by atoms with E-state index in [1.165, 1.54) is 12.1 Å². The zero-order valence-electron chi connectivity index (χ0n) is 8.15. The molecule has 0 aliphatic carbocycles. The average Bonchev–Trinajstić information content (AvgIpc) is 2.25. The summed E-state index contributed by atoms with van der Waals surface area (Å²) in [5.41, 5.74) is 6.04. The number of ether oxygens (including phenoxy) is 1. The van der Waals surface area contributed by atoms with Gasteiger partial charge in [-0.2, -0.15) is 0 Å². The number of rotatable bonds is 2. The first-order valence-corrected chi connectivity index (χ1v) is 4.88. The molecule has 0 atom stereocenters. The van der Waals surface area contributed by atoms with Gasteiger partial charge in [0.2, 0.25) is 5.88 Å². The minimum Gasteiger partial charge on any atom is -0.435 e. The van der Waals surface area contributed by atoms with E-state index in [0.717, 1.165) is 6.07 Å². The highest BCUT2D eigenvalue weighted by molar-refractivity contribution is 6.32. The number of benzene rings is 1. The molecule has 1 heterocycles. The molecule has 3 nitrogen and oxygen atoms in total. The molecule has 82 valence electrons. The molecule has 1 aromatic heterocycles. The molecular formula is C11H8ClFN2O. The summed E-state index contributed by atoms with van der Waals surface area (Å²) in [5.74, 6) is 0.135. The lowest BCUT2D eigenvalue weighted by Crippen LogP contribution is -1.94. The molecule has 0 amide bonds. The fraction of sp³-hybridized carbons (Fsp3) is 0. The van der Waals surface area contributed by atoms with Crippen molar-refractivity contribution in [3.8, 4) is 11.6 Å². The maximum absolute atomic E-state index is 12.8. The SMILES string of the molecule is Nc1cccnc1Oc1ccc(F)cc1Cl. The highest BCUT2D eigenvalue weighted by Gasteiger charge is 2.07. The third kappa shape index (κ3) is 2.23. The van der Waals surface area contributed by atoms with E-state index in [1.54, 1.807) is 18.3 Å². The number of nitrogen functional groups attached to an aromatic ring is 1. The van der Waals surface area contributed by atoms with Crippen LogP contribution in [0.4, 0.5) is 10.1 Å². The van der Waals surface area contributed by atoms with E-state index in [4.69, 9.17) is 22.1 Å². The highest BCUT2D eigenvalue weighted by Crippen LogP contribution is 2.30. The van der Waals surface area contributed by atoms with Crippen molar-refractivity contribution in [2.75, 3.05) is 5.73 Å². The molecule has 2 rings (SSSR count). The second-order valence-electron chi connectivity index (χ2n) is 3.07. The van der Waals surface area contributed by atoms with E-state index >= 15 is 0 Å². The monoisotopic (exact) mass is 238 g/mol. The Bertz CT molecular complexity index is 519. The van der Waals surface area contributed by atoms with Gasteiger partial charge in [0, 0.05) is 6.20 Å². The van der Waals surface area contributed by atoms with Crippen LogP contribution in [0.25, 0.3) is 0 Å². The lowest BCUT2D eigenvalue weighted by Gasteiger charge is -2.07. The number of anilines is 1. The number of halogens is 2. The Hall–Kier alpha value is -1.81. The second-order valence-corrected chi connectivity index (χ2v) is 3.48. The summed E-state index contributed by atoms with van der Waals surface area (Å²) in [7, 11) is 0. The van der Waals surface area contributed by atoms with Crippen molar-refractivity contribution >= 4 is 17.3 Å². The van der Waals surface area contributed by atoms with Gasteiger partial charge in [-0.05, 0) is 30.3 Å². The lowest BCUT2D eigenvalue weighted by atomic mass is 10.3. The second kappa shape index (κ2) is 4.37. The third-order valence-corrected chi connectivity index (χ3v) is 2.20. The van der Waals surface area contributed by atoms with Gasteiger partial charge in [-0.1, -0.05) is 11.6 Å². The van der Waals surface area contributed by atoms with Crippen LogP contribution in [-0.2, 0) is 0 Å². The largest absolute Gasteiger partial charge is 0.435 e. The Morgan fingerprint density at radius 2 is 2.12 bits per heavy atom. The molecule has 0 aliphatic heterocycles. The predicted molar refractivity (Wildman–Crippen MR) is 60.1 cm³/mol. The quantitative estimate of drug-likeness (QED) is 0.874. The zero-order chi connectivity index (χ0) is 11.5. The highest BCUT2D eigenvalue weighted by atomic mass is 35.5. The van der Waals surface area contributed by atoms with Crippen LogP contribution in [-0.4, -0.2) is 4.98 Å². The Labute approximate surface area is 96.6 Å². The standard InChI is InChI=1S/C11H8ClFN2O/c12-8-6-7(13)3-4-10(8)16-11-9(14)2-1-5-15-11/h1-6H,14H2. The molecular weight excluding hydrogens is 231 g/mol. The molecule has 1 aromatic carbocycles. The number of hydrogen-bond donors (Lipinski definition) is 1. The van der Waals surface area contributed by atoms with Crippen molar-refractivity contribution in [2.24, 2.45) is 0 Å². The van der Waals surface area contributed by atoms with Crippen molar-refractivity contribution < 1.29 is 9.13 Å². The fourth-order valence-corrected chi connectivity index (χ4v) is 1.36. The molecule has 2 N–H and O–H groups in total. The molecule has 0 fully saturated rings. The first kappa shape index (κ1) is 10.7. The van der Waals surface area contributed by atoms with Gasteiger partial charge >= 0.3 is 0 Å². The maximum atomic E-state index is 12.8. The lowest BCUT2D eigenvalue weighted by molar-refractivity contribution is 0.464. The summed E-state index contributed by atoms with van der Waals surface area (Å²) in [6, 6.07) is 7.18. The number of aromatic nitrogens is 1. The smallest absolute Gasteiger partial charge is 0.242 e.